The van der Waals surface area contributed by atoms with Gasteiger partial charge in [0.25, 0.3) is 0 Å². The Morgan fingerprint density at radius 2 is 2.06 bits per heavy atom. The van der Waals surface area contributed by atoms with Gasteiger partial charge in [0.15, 0.2) is 0 Å². The molecule has 1 aromatic rings. The molecule has 0 bridgehead atoms. The van der Waals surface area contributed by atoms with E-state index in [1.54, 1.807) is 0 Å². The van der Waals surface area contributed by atoms with Crippen LogP contribution in [0.15, 0.2) is 18.2 Å². The lowest BCUT2D eigenvalue weighted by atomic mass is 9.98. The van der Waals surface area contributed by atoms with Crippen LogP contribution in [-0.4, -0.2) is 36.2 Å². The van der Waals surface area contributed by atoms with Crippen LogP contribution < -0.4 is 5.73 Å². The predicted molar refractivity (Wildman–Crippen MR) is 74.8 cm³/mol. The predicted octanol–water partition coefficient (Wildman–Crippen LogP) is 1.97. The van der Waals surface area contributed by atoms with Gasteiger partial charge >= 0.3 is 0 Å². The largest absolute Gasteiger partial charge is 0.396 e. The maximum absolute atomic E-state index is 9.11. The molecule has 3 N–H and O–H groups in total. The van der Waals surface area contributed by atoms with Gasteiger partial charge in [-0.15, -0.1) is 0 Å². The molecule has 0 radical (unpaired) electrons. The second-order valence-corrected chi connectivity index (χ2v) is 5.37. The molecular weight excluding hydrogens is 248 g/mol. The third kappa shape index (κ3) is 3.45. The van der Waals surface area contributed by atoms with Crippen LogP contribution in [0.3, 0.4) is 0 Å². The van der Waals surface area contributed by atoms with Crippen molar-refractivity contribution in [1.29, 1.82) is 0 Å². The minimum Gasteiger partial charge on any atom is -0.396 e. The Balaban J connectivity index is 2.09. The van der Waals surface area contributed by atoms with Crippen molar-refractivity contribution in [3.8, 4) is 0 Å². The first-order chi connectivity index (χ1) is 8.70. The van der Waals surface area contributed by atoms with Crippen molar-refractivity contribution in [2.24, 2.45) is 5.73 Å². The zero-order valence-electron chi connectivity index (χ0n) is 10.6. The van der Waals surface area contributed by atoms with Crippen molar-refractivity contribution in [3.05, 3.63) is 34.3 Å². The summed E-state index contributed by atoms with van der Waals surface area (Å²) in [6.45, 7) is 3.32. The minimum atomic E-state index is 0.00177. The smallest absolute Gasteiger partial charge is 0.0471 e. The fraction of sp³-hybridized carbons (Fsp3) is 0.571. The van der Waals surface area contributed by atoms with Gasteiger partial charge in [0.2, 0.25) is 0 Å². The van der Waals surface area contributed by atoms with Crippen LogP contribution >= 0.6 is 11.6 Å². The summed E-state index contributed by atoms with van der Waals surface area (Å²) >= 11 is 5.99. The Labute approximate surface area is 114 Å². The normalized spacial score (nSPS) is 18.2. The van der Waals surface area contributed by atoms with Crippen LogP contribution in [0.4, 0.5) is 0 Å². The summed E-state index contributed by atoms with van der Waals surface area (Å²) in [6.07, 6.45) is 3.16. The molecule has 0 spiro atoms. The highest BCUT2D eigenvalue weighted by atomic mass is 35.5. The number of rotatable bonds is 5. The lowest BCUT2D eigenvalue weighted by molar-refractivity contribution is 0.296. The van der Waals surface area contributed by atoms with Crippen molar-refractivity contribution in [3.63, 3.8) is 0 Å². The number of hydrogen-bond donors (Lipinski definition) is 2. The monoisotopic (exact) mass is 268 g/mol. The van der Waals surface area contributed by atoms with E-state index in [0.717, 1.165) is 30.8 Å². The van der Waals surface area contributed by atoms with E-state index in [1.807, 2.05) is 18.2 Å². The second-order valence-electron chi connectivity index (χ2n) is 4.93. The summed E-state index contributed by atoms with van der Waals surface area (Å²) in [4.78, 5) is 2.40. The number of hydrogen-bond acceptors (Lipinski definition) is 3. The van der Waals surface area contributed by atoms with Crippen LogP contribution in [0.1, 0.15) is 30.0 Å². The molecule has 18 heavy (non-hydrogen) atoms. The quantitative estimate of drug-likeness (QED) is 0.858. The molecule has 1 unspecified atom stereocenters. The molecule has 1 saturated heterocycles. The highest BCUT2D eigenvalue weighted by Gasteiger charge is 2.18. The van der Waals surface area contributed by atoms with E-state index in [0.29, 0.717) is 11.4 Å². The van der Waals surface area contributed by atoms with E-state index < -0.39 is 0 Å². The fourth-order valence-corrected chi connectivity index (χ4v) is 2.81. The molecule has 4 heteroatoms. The van der Waals surface area contributed by atoms with Gasteiger partial charge in [-0.2, -0.15) is 0 Å². The molecule has 2 rings (SSSR count). The van der Waals surface area contributed by atoms with Gasteiger partial charge < -0.3 is 15.7 Å². The summed E-state index contributed by atoms with van der Waals surface area (Å²) in [6, 6.07) is 5.79. The molecule has 1 aromatic carbocycles. The summed E-state index contributed by atoms with van der Waals surface area (Å²) in [7, 11) is 0. The summed E-state index contributed by atoms with van der Waals surface area (Å²) in [5.74, 6) is 0. The second kappa shape index (κ2) is 6.53. The molecule has 100 valence electrons. The highest BCUT2D eigenvalue weighted by Crippen LogP contribution is 2.23. The van der Waals surface area contributed by atoms with Crippen molar-refractivity contribution in [2.75, 3.05) is 26.2 Å². The average molecular weight is 269 g/mol. The Bertz CT molecular complexity index is 391. The highest BCUT2D eigenvalue weighted by molar-refractivity contribution is 6.30. The molecule has 0 aliphatic carbocycles. The van der Waals surface area contributed by atoms with Gasteiger partial charge in [0.05, 0.1) is 0 Å². The molecule has 0 saturated carbocycles. The number of aliphatic hydroxyl groups is 1. The average Bonchev–Trinajstić information content (AvgIpc) is 2.82. The SMILES string of the molecule is NC(CN1CCCC1)c1ccc(Cl)cc1CCO. The fourth-order valence-electron chi connectivity index (χ4n) is 2.61. The number of nitrogens with two attached hydrogens (primary N) is 1. The Morgan fingerprint density at radius 3 is 2.72 bits per heavy atom. The topological polar surface area (TPSA) is 49.5 Å². The van der Waals surface area contributed by atoms with Gasteiger partial charge in [0.1, 0.15) is 0 Å². The van der Waals surface area contributed by atoms with Crippen LogP contribution in [-0.2, 0) is 6.42 Å². The van der Waals surface area contributed by atoms with Crippen molar-refractivity contribution in [1.82, 2.24) is 4.90 Å². The first-order valence-corrected chi connectivity index (χ1v) is 6.95. The Morgan fingerprint density at radius 1 is 1.33 bits per heavy atom. The minimum absolute atomic E-state index is 0.00177. The molecule has 1 fully saturated rings. The van der Waals surface area contributed by atoms with Crippen LogP contribution in [0.2, 0.25) is 5.02 Å². The zero-order valence-corrected chi connectivity index (χ0v) is 11.4. The molecule has 0 amide bonds. The van der Waals surface area contributed by atoms with Gasteiger partial charge in [0, 0.05) is 24.2 Å². The first kappa shape index (κ1) is 13.8. The molecule has 0 aromatic heterocycles. The van der Waals surface area contributed by atoms with Crippen LogP contribution in [0.25, 0.3) is 0 Å². The molecule has 3 nitrogen and oxygen atoms in total. The third-order valence-corrected chi connectivity index (χ3v) is 3.77. The van der Waals surface area contributed by atoms with Crippen LogP contribution in [0.5, 0.6) is 0 Å². The number of likely N-dealkylation sites (tertiary alicyclic amines) is 1. The first-order valence-electron chi connectivity index (χ1n) is 6.58. The Hall–Kier alpha value is -0.610. The van der Waals surface area contributed by atoms with Crippen LogP contribution in [0, 0.1) is 0 Å². The van der Waals surface area contributed by atoms with Crippen molar-refractivity contribution < 1.29 is 5.11 Å². The van der Waals surface area contributed by atoms with Crippen molar-refractivity contribution in [2.45, 2.75) is 25.3 Å². The summed E-state index contributed by atoms with van der Waals surface area (Å²) in [5, 5.41) is 9.81. The van der Waals surface area contributed by atoms with E-state index in [4.69, 9.17) is 22.4 Å². The molecule has 1 heterocycles. The van der Waals surface area contributed by atoms with E-state index >= 15 is 0 Å². The molecule has 1 aliphatic rings. The van der Waals surface area contributed by atoms with Gasteiger partial charge in [-0.1, -0.05) is 17.7 Å². The third-order valence-electron chi connectivity index (χ3n) is 3.54. The number of benzene rings is 1. The summed E-state index contributed by atoms with van der Waals surface area (Å²) in [5.41, 5.74) is 8.47. The van der Waals surface area contributed by atoms with Gasteiger partial charge in [-0.25, -0.2) is 0 Å². The van der Waals surface area contributed by atoms with E-state index in [2.05, 4.69) is 4.90 Å². The lowest BCUT2D eigenvalue weighted by Crippen LogP contribution is -2.30. The molecule has 1 atom stereocenters. The number of aliphatic hydroxyl groups excluding tert-OH is 1. The number of halogens is 1. The van der Waals surface area contributed by atoms with Gasteiger partial charge in [-0.3, -0.25) is 0 Å². The van der Waals surface area contributed by atoms with Crippen molar-refractivity contribution >= 4 is 11.6 Å². The standard InChI is InChI=1S/C14H21ClN2O/c15-12-3-4-13(11(9-12)5-8-18)14(16)10-17-6-1-2-7-17/h3-4,9,14,18H,1-2,5-8,10,16H2. The maximum Gasteiger partial charge on any atom is 0.0471 e. The van der Waals surface area contributed by atoms with E-state index in [1.165, 1.54) is 12.8 Å². The zero-order chi connectivity index (χ0) is 13.0. The van der Waals surface area contributed by atoms with E-state index in [9.17, 15) is 0 Å². The Kier molecular flexibility index (Phi) is 5.01. The number of nitrogens with zero attached hydrogens (tertiary/aromatic N) is 1. The van der Waals surface area contributed by atoms with Gasteiger partial charge in [-0.05, 0) is 55.6 Å². The maximum atomic E-state index is 9.11. The lowest BCUT2D eigenvalue weighted by Gasteiger charge is -2.22. The van der Waals surface area contributed by atoms with E-state index in [-0.39, 0.29) is 12.6 Å². The molecular formula is C14H21ClN2O. The molecule has 1 aliphatic heterocycles. The summed E-state index contributed by atoms with van der Waals surface area (Å²) < 4.78 is 0.